The van der Waals surface area contributed by atoms with Crippen LogP contribution >= 0.6 is 24.0 Å². The summed E-state index contributed by atoms with van der Waals surface area (Å²) in [7, 11) is 0. The van der Waals surface area contributed by atoms with Gasteiger partial charge in [0.05, 0.1) is 11.2 Å². The van der Waals surface area contributed by atoms with Crippen molar-refractivity contribution < 1.29 is 4.79 Å². The van der Waals surface area contributed by atoms with Gasteiger partial charge in [0, 0.05) is 51.2 Å². The number of likely N-dealkylation sites (tertiary alicyclic amines) is 1. The van der Waals surface area contributed by atoms with Gasteiger partial charge in [0.2, 0.25) is 0 Å². The van der Waals surface area contributed by atoms with Crippen LogP contribution in [0.15, 0.2) is 6.20 Å². The smallest absolute Gasteiger partial charge is 0.274 e. The van der Waals surface area contributed by atoms with Gasteiger partial charge in [-0.1, -0.05) is 25.4 Å². The SMILES string of the molecule is CC(C)c1ncc(Cl)c(C(=O)N2CCC(N3CCNCC3)C2)n1.Cl. The number of hydrogen-bond acceptors (Lipinski definition) is 5. The van der Waals surface area contributed by atoms with Crippen LogP contribution in [0.2, 0.25) is 5.02 Å². The van der Waals surface area contributed by atoms with Crippen molar-refractivity contribution >= 4 is 29.9 Å². The van der Waals surface area contributed by atoms with Crippen molar-refractivity contribution in [2.24, 2.45) is 0 Å². The van der Waals surface area contributed by atoms with Crippen molar-refractivity contribution in [3.05, 3.63) is 22.7 Å². The molecule has 1 atom stereocenters. The molecule has 1 aromatic heterocycles. The van der Waals surface area contributed by atoms with Gasteiger partial charge >= 0.3 is 0 Å². The van der Waals surface area contributed by atoms with E-state index in [2.05, 4.69) is 20.2 Å². The van der Waals surface area contributed by atoms with Crippen molar-refractivity contribution in [2.45, 2.75) is 32.2 Å². The summed E-state index contributed by atoms with van der Waals surface area (Å²) in [4.78, 5) is 25.8. The van der Waals surface area contributed by atoms with Crippen molar-refractivity contribution in [2.75, 3.05) is 39.3 Å². The first-order valence-electron chi connectivity index (χ1n) is 8.32. The minimum atomic E-state index is -0.0723. The minimum absolute atomic E-state index is 0. The lowest BCUT2D eigenvalue weighted by atomic mass is 10.2. The number of halogens is 2. The Morgan fingerprint density at radius 2 is 2.04 bits per heavy atom. The van der Waals surface area contributed by atoms with Gasteiger partial charge in [0.25, 0.3) is 5.91 Å². The number of carbonyl (C=O) groups excluding carboxylic acids is 1. The highest BCUT2D eigenvalue weighted by atomic mass is 35.5. The number of hydrogen-bond donors (Lipinski definition) is 1. The molecule has 1 N–H and O–H groups in total. The van der Waals surface area contributed by atoms with Crippen LogP contribution in [0.4, 0.5) is 0 Å². The lowest BCUT2D eigenvalue weighted by molar-refractivity contribution is 0.0767. The van der Waals surface area contributed by atoms with Crippen LogP contribution in [0.1, 0.15) is 42.5 Å². The first-order chi connectivity index (χ1) is 11.1. The summed E-state index contributed by atoms with van der Waals surface area (Å²) in [5, 5.41) is 3.70. The van der Waals surface area contributed by atoms with E-state index in [9.17, 15) is 4.79 Å². The van der Waals surface area contributed by atoms with Crippen LogP contribution in [-0.4, -0.2) is 71.0 Å². The molecule has 1 unspecified atom stereocenters. The molecule has 3 heterocycles. The zero-order valence-corrected chi connectivity index (χ0v) is 15.7. The quantitative estimate of drug-likeness (QED) is 0.874. The Labute approximate surface area is 154 Å². The molecule has 2 fully saturated rings. The van der Waals surface area contributed by atoms with E-state index in [-0.39, 0.29) is 24.2 Å². The highest BCUT2D eigenvalue weighted by Gasteiger charge is 2.32. The average Bonchev–Trinajstić information content (AvgIpc) is 3.05. The fourth-order valence-electron chi connectivity index (χ4n) is 3.23. The minimum Gasteiger partial charge on any atom is -0.336 e. The molecular formula is C16H25Cl2N5O. The molecule has 0 radical (unpaired) electrons. The largest absolute Gasteiger partial charge is 0.336 e. The number of piperazine rings is 1. The fraction of sp³-hybridized carbons (Fsp3) is 0.688. The maximum absolute atomic E-state index is 12.8. The van der Waals surface area contributed by atoms with E-state index in [0.717, 1.165) is 45.7 Å². The average molecular weight is 374 g/mol. The molecule has 6 nitrogen and oxygen atoms in total. The molecule has 0 bridgehead atoms. The van der Waals surface area contributed by atoms with Gasteiger partial charge in [-0.15, -0.1) is 12.4 Å². The van der Waals surface area contributed by atoms with Crippen molar-refractivity contribution in [1.82, 2.24) is 25.1 Å². The third-order valence-corrected chi connectivity index (χ3v) is 4.88. The summed E-state index contributed by atoms with van der Waals surface area (Å²) < 4.78 is 0. The van der Waals surface area contributed by atoms with Crippen LogP contribution in [0.3, 0.4) is 0 Å². The lowest BCUT2D eigenvalue weighted by Gasteiger charge is -2.32. The molecule has 8 heteroatoms. The topological polar surface area (TPSA) is 61.4 Å². The maximum atomic E-state index is 12.8. The van der Waals surface area contributed by atoms with Crippen LogP contribution in [-0.2, 0) is 0 Å². The molecule has 0 aliphatic carbocycles. The number of nitrogens with zero attached hydrogens (tertiary/aromatic N) is 4. The monoisotopic (exact) mass is 373 g/mol. The van der Waals surface area contributed by atoms with Gasteiger partial charge in [-0.3, -0.25) is 9.69 Å². The molecule has 2 aliphatic rings. The highest BCUT2D eigenvalue weighted by molar-refractivity contribution is 6.33. The molecule has 134 valence electrons. The second-order valence-electron chi connectivity index (χ2n) is 6.56. The van der Waals surface area contributed by atoms with Gasteiger partial charge in [-0.05, 0) is 6.42 Å². The Bertz CT molecular complexity index is 578. The first-order valence-corrected chi connectivity index (χ1v) is 8.70. The van der Waals surface area contributed by atoms with Crippen molar-refractivity contribution in [1.29, 1.82) is 0 Å². The number of amides is 1. The number of aromatic nitrogens is 2. The zero-order chi connectivity index (χ0) is 16.4. The molecule has 0 saturated carbocycles. The van der Waals surface area contributed by atoms with Gasteiger partial charge < -0.3 is 10.2 Å². The molecule has 3 rings (SSSR count). The van der Waals surface area contributed by atoms with E-state index in [4.69, 9.17) is 11.6 Å². The van der Waals surface area contributed by atoms with Crippen molar-refractivity contribution in [3.63, 3.8) is 0 Å². The molecule has 0 aromatic carbocycles. The Morgan fingerprint density at radius 3 is 2.71 bits per heavy atom. The predicted molar refractivity (Wildman–Crippen MR) is 97.1 cm³/mol. The second kappa shape index (κ2) is 8.43. The van der Waals surface area contributed by atoms with E-state index >= 15 is 0 Å². The first kappa shape index (κ1) is 19.4. The molecule has 24 heavy (non-hydrogen) atoms. The molecule has 0 spiro atoms. The van der Waals surface area contributed by atoms with Crippen LogP contribution < -0.4 is 5.32 Å². The van der Waals surface area contributed by atoms with Gasteiger partial charge in [-0.2, -0.15) is 0 Å². The lowest BCUT2D eigenvalue weighted by Crippen LogP contribution is -2.49. The molecule has 2 aliphatic heterocycles. The van der Waals surface area contributed by atoms with Crippen molar-refractivity contribution in [3.8, 4) is 0 Å². The number of rotatable bonds is 3. The van der Waals surface area contributed by atoms with E-state index in [1.165, 1.54) is 0 Å². The zero-order valence-electron chi connectivity index (χ0n) is 14.2. The fourth-order valence-corrected chi connectivity index (χ4v) is 3.40. The van der Waals surface area contributed by atoms with E-state index in [1.54, 1.807) is 6.20 Å². The summed E-state index contributed by atoms with van der Waals surface area (Å²) in [5.41, 5.74) is 0.339. The maximum Gasteiger partial charge on any atom is 0.274 e. The summed E-state index contributed by atoms with van der Waals surface area (Å²) in [6.45, 7) is 9.71. The van der Waals surface area contributed by atoms with Crippen LogP contribution in [0.25, 0.3) is 0 Å². The summed E-state index contributed by atoms with van der Waals surface area (Å²) in [5.74, 6) is 0.763. The van der Waals surface area contributed by atoms with Gasteiger partial charge in [0.1, 0.15) is 5.82 Å². The van der Waals surface area contributed by atoms with Gasteiger partial charge in [0.15, 0.2) is 5.69 Å². The number of nitrogens with one attached hydrogen (secondary N) is 1. The predicted octanol–water partition coefficient (Wildman–Crippen LogP) is 1.79. The Morgan fingerprint density at radius 1 is 1.33 bits per heavy atom. The third kappa shape index (κ3) is 4.17. The standard InChI is InChI=1S/C16H24ClN5O.ClH/c1-11(2)15-19-9-13(17)14(20-15)16(23)22-6-3-12(10-22)21-7-4-18-5-8-21;/h9,11-12,18H,3-8,10H2,1-2H3;1H. The highest BCUT2D eigenvalue weighted by Crippen LogP contribution is 2.22. The molecular weight excluding hydrogens is 349 g/mol. The van der Waals surface area contributed by atoms with E-state index in [1.807, 2.05) is 18.7 Å². The third-order valence-electron chi connectivity index (χ3n) is 4.60. The molecule has 1 aromatic rings. The summed E-state index contributed by atoms with van der Waals surface area (Å²) in [6.07, 6.45) is 2.56. The van der Waals surface area contributed by atoms with Gasteiger partial charge in [-0.25, -0.2) is 9.97 Å². The van der Waals surface area contributed by atoms with E-state index in [0.29, 0.717) is 22.6 Å². The normalized spacial score (nSPS) is 21.8. The number of carbonyl (C=O) groups is 1. The summed E-state index contributed by atoms with van der Waals surface area (Å²) >= 11 is 6.17. The van der Waals surface area contributed by atoms with Crippen LogP contribution in [0.5, 0.6) is 0 Å². The summed E-state index contributed by atoms with van der Waals surface area (Å²) in [6, 6.07) is 0.450. The molecule has 1 amide bonds. The second-order valence-corrected chi connectivity index (χ2v) is 6.97. The van der Waals surface area contributed by atoms with E-state index < -0.39 is 0 Å². The molecule has 2 saturated heterocycles. The van der Waals surface area contributed by atoms with Crippen LogP contribution in [0, 0.1) is 0 Å². The Balaban J connectivity index is 0.00000208. The Kier molecular flexibility index (Phi) is 6.80. The Hall–Kier alpha value is -0.950.